The third-order valence-corrected chi connectivity index (χ3v) is 7.52. The Morgan fingerprint density at radius 1 is 1.13 bits per heavy atom. The van der Waals surface area contributed by atoms with Crippen molar-refractivity contribution in [3.63, 3.8) is 0 Å². The van der Waals surface area contributed by atoms with Gasteiger partial charge in [-0.15, -0.1) is 0 Å². The molecule has 0 aliphatic heterocycles. The number of nitrogens with zero attached hydrogens (tertiary/aromatic N) is 1. The average Bonchev–Trinajstić information content (AvgIpc) is 2.84. The first-order valence-corrected chi connectivity index (χ1v) is 13.0. The second-order valence-electron chi connectivity index (χ2n) is 10.4. The summed E-state index contributed by atoms with van der Waals surface area (Å²) in [6.07, 6.45) is 2.14. The molecule has 0 heterocycles. The van der Waals surface area contributed by atoms with E-state index in [0.29, 0.717) is 30.4 Å². The maximum Gasteiger partial charge on any atom is 0.167 e. The number of rotatable bonds is 12. The zero-order valence-electron chi connectivity index (χ0n) is 22.8. The molecule has 1 aliphatic rings. The fraction of sp³-hybridized carbons (Fsp3) is 0.500. The summed E-state index contributed by atoms with van der Waals surface area (Å²) in [5.74, 6) is -2.00. The van der Waals surface area contributed by atoms with Crippen LogP contribution >= 0.6 is 0 Å². The van der Waals surface area contributed by atoms with Gasteiger partial charge in [-0.05, 0) is 67.2 Å². The predicted octanol–water partition coefficient (Wildman–Crippen LogP) is 3.65. The number of anilines is 1. The second-order valence-corrected chi connectivity index (χ2v) is 10.4. The van der Waals surface area contributed by atoms with Gasteiger partial charge in [-0.2, -0.15) is 0 Å². The number of carbonyl (C=O) groups excluding carboxylic acids is 3. The molecule has 0 bridgehead atoms. The maximum absolute atomic E-state index is 13.4. The van der Waals surface area contributed by atoms with Crippen LogP contribution in [0.5, 0.6) is 5.75 Å². The van der Waals surface area contributed by atoms with E-state index in [1.807, 2.05) is 49.3 Å². The Balaban J connectivity index is 0.00000507. The van der Waals surface area contributed by atoms with Crippen LogP contribution in [-0.4, -0.2) is 65.5 Å². The van der Waals surface area contributed by atoms with Crippen LogP contribution in [0.2, 0.25) is 0 Å². The summed E-state index contributed by atoms with van der Waals surface area (Å²) < 4.78 is 0. The third kappa shape index (κ3) is 6.87. The van der Waals surface area contributed by atoms with Crippen LogP contribution < -0.4 is 4.90 Å². The molecule has 0 fully saturated rings. The van der Waals surface area contributed by atoms with Crippen molar-refractivity contribution in [1.82, 2.24) is 0 Å². The molecule has 0 saturated heterocycles. The number of ketones is 3. The molecule has 0 radical (unpaired) electrons. The number of fused-ring (bicyclic) bond motifs is 1. The van der Waals surface area contributed by atoms with Crippen molar-refractivity contribution in [3.8, 4) is 16.9 Å². The number of aromatic hydroxyl groups is 1. The molecule has 8 heteroatoms. The van der Waals surface area contributed by atoms with Crippen LogP contribution in [0.15, 0.2) is 30.3 Å². The van der Waals surface area contributed by atoms with Crippen LogP contribution in [0.25, 0.3) is 11.1 Å². The highest BCUT2D eigenvalue weighted by Gasteiger charge is 2.36. The van der Waals surface area contributed by atoms with Crippen molar-refractivity contribution >= 4 is 23.0 Å². The molecule has 1 aliphatic carbocycles. The van der Waals surface area contributed by atoms with Crippen molar-refractivity contribution < 1.29 is 38.0 Å². The molecule has 38 heavy (non-hydrogen) atoms. The van der Waals surface area contributed by atoms with Crippen LogP contribution in [0.3, 0.4) is 0 Å². The van der Waals surface area contributed by atoms with Crippen molar-refractivity contribution in [1.29, 1.82) is 0 Å². The molecule has 0 aromatic heterocycles. The van der Waals surface area contributed by atoms with Gasteiger partial charge in [-0.25, -0.2) is 0 Å². The molecule has 3 atom stereocenters. The van der Waals surface area contributed by atoms with Crippen LogP contribution in [0.4, 0.5) is 5.69 Å². The van der Waals surface area contributed by atoms with Gasteiger partial charge in [0.1, 0.15) is 17.3 Å². The zero-order valence-corrected chi connectivity index (χ0v) is 22.8. The van der Waals surface area contributed by atoms with Gasteiger partial charge in [-0.3, -0.25) is 14.4 Å². The van der Waals surface area contributed by atoms with Crippen LogP contribution in [0, 0.1) is 17.8 Å². The number of phenolic OH excluding ortho intramolecular Hbond substituents is 1. The van der Waals surface area contributed by atoms with Gasteiger partial charge in [0.2, 0.25) is 0 Å². The van der Waals surface area contributed by atoms with E-state index in [1.54, 1.807) is 0 Å². The second kappa shape index (κ2) is 13.6. The lowest BCUT2D eigenvalue weighted by Gasteiger charge is -2.33. The zero-order chi connectivity index (χ0) is 27.3. The quantitative estimate of drug-likeness (QED) is 0.354. The minimum atomic E-state index is -0.761. The smallest absolute Gasteiger partial charge is 0.167 e. The summed E-state index contributed by atoms with van der Waals surface area (Å²) in [6.45, 7) is 2.86. The number of aryl methyl sites for hydroxylation is 1. The van der Waals surface area contributed by atoms with Crippen molar-refractivity contribution in [2.75, 3.05) is 32.2 Å². The first-order chi connectivity index (χ1) is 17.6. The van der Waals surface area contributed by atoms with E-state index >= 15 is 0 Å². The average molecular weight is 532 g/mol. The lowest BCUT2D eigenvalue weighted by Crippen LogP contribution is -2.33. The van der Waals surface area contributed by atoms with Gasteiger partial charge in [0.05, 0.1) is 18.6 Å². The Kier molecular flexibility index (Phi) is 11.2. The summed E-state index contributed by atoms with van der Waals surface area (Å²) in [7, 11) is 3.81. The lowest BCUT2D eigenvalue weighted by molar-refractivity contribution is -0.131. The number of Topliss-reactive ketones (excluding diaryl/α,β-unsaturated/α-hetero) is 3. The Morgan fingerprint density at radius 2 is 1.79 bits per heavy atom. The molecule has 0 saturated carbocycles. The van der Waals surface area contributed by atoms with Gasteiger partial charge >= 0.3 is 0 Å². The molecule has 0 amide bonds. The minimum Gasteiger partial charge on any atom is -0.507 e. The van der Waals surface area contributed by atoms with Gasteiger partial charge in [0.15, 0.2) is 5.78 Å². The van der Waals surface area contributed by atoms with Gasteiger partial charge in [0.25, 0.3) is 0 Å². The number of carbonyl (C=O) groups is 3. The minimum absolute atomic E-state index is 0. The number of hydrogen-bond acceptors (Lipinski definition) is 7. The summed E-state index contributed by atoms with van der Waals surface area (Å²) in [4.78, 5) is 39.5. The highest BCUT2D eigenvalue weighted by Crippen LogP contribution is 2.45. The first-order valence-electron chi connectivity index (χ1n) is 13.0. The van der Waals surface area contributed by atoms with Crippen LogP contribution in [0.1, 0.15) is 63.9 Å². The summed E-state index contributed by atoms with van der Waals surface area (Å²) >= 11 is 0. The number of aliphatic hydroxyl groups is 2. The highest BCUT2D eigenvalue weighted by atomic mass is 16.3. The van der Waals surface area contributed by atoms with Gasteiger partial charge in [0, 0.05) is 47.1 Å². The topological polar surface area (TPSA) is 147 Å². The summed E-state index contributed by atoms with van der Waals surface area (Å²) in [5.41, 5.74) is 4.62. The molecule has 3 unspecified atom stereocenters. The maximum atomic E-state index is 13.4. The predicted molar refractivity (Wildman–Crippen MR) is 152 cm³/mol. The Hall–Kier alpha value is -3.07. The molecule has 5 N–H and O–H groups in total. The van der Waals surface area contributed by atoms with E-state index in [0.717, 1.165) is 23.2 Å². The summed E-state index contributed by atoms with van der Waals surface area (Å²) in [6, 6.07) is 9.88. The van der Waals surface area contributed by atoms with Crippen LogP contribution in [-0.2, 0) is 22.4 Å². The number of benzene rings is 2. The molecule has 2 aromatic rings. The van der Waals surface area contributed by atoms with E-state index in [2.05, 4.69) is 6.92 Å². The van der Waals surface area contributed by atoms with E-state index < -0.39 is 12.5 Å². The van der Waals surface area contributed by atoms with Crippen molar-refractivity contribution in [2.45, 2.75) is 52.4 Å². The normalized spacial score (nSPS) is 16.3. The molecular weight excluding hydrogens is 486 g/mol. The fourth-order valence-corrected chi connectivity index (χ4v) is 5.60. The fourth-order valence-electron chi connectivity index (χ4n) is 5.60. The molecule has 2 aromatic carbocycles. The first kappa shape index (κ1) is 31.1. The number of hydrogen-bond donors (Lipinski definition) is 3. The molecule has 212 valence electrons. The third-order valence-electron chi connectivity index (χ3n) is 7.52. The van der Waals surface area contributed by atoms with E-state index in [-0.39, 0.29) is 62.7 Å². The lowest BCUT2D eigenvalue weighted by atomic mass is 9.73. The summed E-state index contributed by atoms with van der Waals surface area (Å²) in [5, 5.41) is 30.8. The Bertz CT molecular complexity index is 1150. The number of aliphatic hydroxyl groups excluding tert-OH is 2. The molecular formula is C30H45NO7. The molecule has 8 nitrogen and oxygen atoms in total. The van der Waals surface area contributed by atoms with Gasteiger partial charge in [-0.1, -0.05) is 31.2 Å². The Morgan fingerprint density at radius 3 is 2.32 bits per heavy atom. The SMILES string of the molecule is CCc1ccc(-c2cc(N(C)C)c3c(c2O)C(=O)CC(CC(CCO)C(CO)C(=O)CC(C)=O)C3)cc1.O.[HH].[HH]. The van der Waals surface area contributed by atoms with E-state index in [9.17, 15) is 29.7 Å². The van der Waals surface area contributed by atoms with Gasteiger partial charge < -0.3 is 25.7 Å². The number of phenols is 1. The van der Waals surface area contributed by atoms with Crippen molar-refractivity contribution in [3.05, 3.63) is 47.0 Å². The van der Waals surface area contributed by atoms with E-state index in [4.69, 9.17) is 0 Å². The Labute approximate surface area is 227 Å². The largest absolute Gasteiger partial charge is 0.507 e. The monoisotopic (exact) mass is 531 g/mol. The molecule has 3 rings (SSSR count). The standard InChI is InChI=1S/C30H39NO6.H2O.2H2/c1-5-19-6-8-21(9-7-19)23-16-26(31(3)4)24-14-20(15-28(36)29(24)30(23)37)13-22(10-11-32)25(17-33)27(35)12-18(2)34;;;/h6-9,16,20,22,25,32-33,37H,5,10-15,17H2,1-4H3;1H2;2*1H. The van der Waals surface area contributed by atoms with Crippen molar-refractivity contribution in [2.24, 2.45) is 17.8 Å². The molecule has 0 spiro atoms. The highest BCUT2D eigenvalue weighted by molar-refractivity contribution is 6.05. The van der Waals surface area contributed by atoms with E-state index in [1.165, 1.54) is 12.5 Å².